The van der Waals surface area contributed by atoms with Crippen LogP contribution in [0.15, 0.2) is 60.8 Å². The van der Waals surface area contributed by atoms with Crippen LogP contribution in [0.5, 0.6) is 0 Å². The van der Waals surface area contributed by atoms with Crippen molar-refractivity contribution in [1.29, 1.82) is 0 Å². The Morgan fingerprint density at radius 2 is 0.708 bits per heavy atom. The van der Waals surface area contributed by atoms with Crippen LogP contribution in [-0.2, 0) is 42.2 Å². The number of allylic oxidation sites excluding steroid dienone is 10. The van der Waals surface area contributed by atoms with Crippen molar-refractivity contribution >= 4 is 25.7 Å². The van der Waals surface area contributed by atoms with Gasteiger partial charge < -0.3 is 24.2 Å². The second-order valence-electron chi connectivity index (χ2n) is 19.5. The second kappa shape index (κ2) is 54.4. The van der Waals surface area contributed by atoms with Crippen LogP contribution in [0.3, 0.4) is 0 Å². The lowest BCUT2D eigenvalue weighted by molar-refractivity contribution is -0.161. The molecule has 3 unspecified atom stereocenters. The summed E-state index contributed by atoms with van der Waals surface area (Å²) in [5, 5.41) is 9.80. The van der Waals surface area contributed by atoms with E-state index in [9.17, 15) is 28.9 Å². The van der Waals surface area contributed by atoms with Gasteiger partial charge in [0.25, 0.3) is 0 Å². The number of phosphoric acid groups is 1. The molecule has 0 fully saturated rings. The summed E-state index contributed by atoms with van der Waals surface area (Å²) in [6.07, 6.45) is 58.9. The van der Waals surface area contributed by atoms with Gasteiger partial charge in [-0.2, -0.15) is 0 Å². The fourth-order valence-corrected chi connectivity index (χ4v) is 8.71. The Bertz CT molecular complexity index is 1440. The minimum absolute atomic E-state index is 0.148. The molecule has 0 spiro atoms. The molecule has 0 amide bonds. The number of aliphatic hydroxyl groups excluding tert-OH is 1. The number of aliphatic hydroxyl groups is 1. The largest absolute Gasteiger partial charge is 0.472 e. The molecule has 0 heterocycles. The van der Waals surface area contributed by atoms with E-state index in [2.05, 4.69) is 81.5 Å². The lowest BCUT2D eigenvalue weighted by Gasteiger charge is -2.21. The first-order chi connectivity index (χ1) is 35.2. The maximum atomic E-state index is 12.9. The van der Waals surface area contributed by atoms with Crippen molar-refractivity contribution in [3.8, 4) is 0 Å². The van der Waals surface area contributed by atoms with Crippen molar-refractivity contribution in [3.05, 3.63) is 60.8 Å². The molecule has 0 aromatic heterocycles. The molecular weight excluding hydrogens is 928 g/mol. The zero-order valence-corrected chi connectivity index (χ0v) is 47.0. The molecule has 0 saturated carbocycles. The van der Waals surface area contributed by atoms with E-state index in [0.29, 0.717) is 19.3 Å². The summed E-state index contributed by atoms with van der Waals surface area (Å²) in [7, 11) is -4.75. The number of hydrogen-bond acceptors (Lipinski definition) is 10. The van der Waals surface area contributed by atoms with E-state index >= 15 is 0 Å². The minimum atomic E-state index is -4.75. The van der Waals surface area contributed by atoms with Crippen LogP contribution in [0, 0.1) is 0 Å². The van der Waals surface area contributed by atoms with Gasteiger partial charge in [0.05, 0.1) is 19.8 Å². The number of hydrogen-bond donors (Lipinski definition) is 2. The van der Waals surface area contributed by atoms with E-state index in [1.54, 1.807) is 0 Å². The van der Waals surface area contributed by atoms with Gasteiger partial charge in [0.1, 0.15) is 12.7 Å². The fourth-order valence-electron chi connectivity index (χ4n) is 7.93. The number of carbonyl (C=O) groups excluding carboxylic acids is 3. The van der Waals surface area contributed by atoms with Gasteiger partial charge >= 0.3 is 25.7 Å². The third kappa shape index (κ3) is 52.1. The second-order valence-corrected chi connectivity index (χ2v) is 20.9. The van der Waals surface area contributed by atoms with Crippen molar-refractivity contribution in [3.63, 3.8) is 0 Å². The average molecular weight is 1040 g/mol. The lowest BCUT2D eigenvalue weighted by atomic mass is 10.0. The van der Waals surface area contributed by atoms with Crippen molar-refractivity contribution in [2.75, 3.05) is 26.4 Å². The third-order valence-electron chi connectivity index (χ3n) is 12.4. The van der Waals surface area contributed by atoms with Crippen molar-refractivity contribution in [1.82, 2.24) is 0 Å². The highest BCUT2D eigenvalue weighted by Crippen LogP contribution is 2.43. The number of carbonyl (C=O) groups is 3. The van der Waals surface area contributed by atoms with E-state index in [1.165, 1.54) is 83.5 Å². The molecule has 0 aliphatic carbocycles. The standard InChI is InChI=1S/C60H107O11P/c1-4-7-10-13-16-19-22-25-26-27-28-29-30-33-34-37-40-43-46-49-58(62)67-53-57(71-60(64)51-48-45-42-39-36-32-24-21-18-15-12-9-6-3)55-69-72(65,66)68-54-56(52-61)70-59(63)50-47-44-41-38-35-31-23-20-17-14-11-8-5-2/h12,15-16,19,21,24-26,28-29,56-57,61H,4-11,13-14,17-18,20,22-23,27,30-55H2,1-3H3,(H,65,66)/b15-12-,19-16-,24-21-,26-25-,29-28-. The Labute approximate surface area is 440 Å². The van der Waals surface area contributed by atoms with Crippen LogP contribution in [-0.4, -0.2) is 66.5 Å². The molecule has 0 aromatic rings. The molecule has 0 aliphatic rings. The summed E-state index contributed by atoms with van der Waals surface area (Å²) in [5.74, 6) is -1.49. The number of esters is 3. The Morgan fingerprint density at radius 1 is 0.389 bits per heavy atom. The predicted molar refractivity (Wildman–Crippen MR) is 298 cm³/mol. The predicted octanol–water partition coefficient (Wildman–Crippen LogP) is 17.1. The van der Waals surface area contributed by atoms with Crippen molar-refractivity contribution < 1.29 is 52.2 Å². The zero-order valence-electron chi connectivity index (χ0n) is 46.1. The summed E-state index contributed by atoms with van der Waals surface area (Å²) in [5.41, 5.74) is 0. The Hall–Kier alpha value is -2.82. The van der Waals surface area contributed by atoms with Gasteiger partial charge in [-0.05, 0) is 83.5 Å². The number of unbranched alkanes of at least 4 members (excludes halogenated alkanes) is 27. The Kier molecular flexibility index (Phi) is 52.3. The van der Waals surface area contributed by atoms with E-state index in [1.807, 2.05) is 0 Å². The molecule has 0 aromatic carbocycles. The first kappa shape index (κ1) is 69.2. The summed E-state index contributed by atoms with van der Waals surface area (Å²) in [6, 6.07) is 0. The molecule has 0 rings (SSSR count). The van der Waals surface area contributed by atoms with E-state index in [4.69, 9.17) is 23.3 Å². The monoisotopic (exact) mass is 1030 g/mol. The number of rotatable bonds is 54. The molecule has 12 heteroatoms. The van der Waals surface area contributed by atoms with Crippen LogP contribution < -0.4 is 0 Å². The van der Waals surface area contributed by atoms with Crippen molar-refractivity contribution in [2.24, 2.45) is 0 Å². The minimum Gasteiger partial charge on any atom is -0.462 e. The quantitative estimate of drug-likeness (QED) is 0.0197. The van der Waals surface area contributed by atoms with Crippen LogP contribution >= 0.6 is 7.82 Å². The molecule has 418 valence electrons. The first-order valence-corrected chi connectivity index (χ1v) is 30.7. The molecule has 11 nitrogen and oxygen atoms in total. The highest BCUT2D eigenvalue weighted by atomic mass is 31.2. The lowest BCUT2D eigenvalue weighted by Crippen LogP contribution is -2.30. The first-order valence-electron chi connectivity index (χ1n) is 29.2. The van der Waals surface area contributed by atoms with Gasteiger partial charge in [0.15, 0.2) is 6.10 Å². The maximum Gasteiger partial charge on any atom is 0.472 e. The molecule has 0 saturated heterocycles. The molecule has 2 N–H and O–H groups in total. The van der Waals surface area contributed by atoms with E-state index < -0.39 is 57.8 Å². The van der Waals surface area contributed by atoms with Gasteiger partial charge in [-0.25, -0.2) is 4.57 Å². The molecule has 0 aliphatic heterocycles. The zero-order chi connectivity index (χ0) is 52.7. The average Bonchev–Trinajstić information content (AvgIpc) is 3.37. The Morgan fingerprint density at radius 3 is 1.12 bits per heavy atom. The third-order valence-corrected chi connectivity index (χ3v) is 13.3. The van der Waals surface area contributed by atoms with Crippen LogP contribution in [0.1, 0.15) is 265 Å². The van der Waals surface area contributed by atoms with Gasteiger partial charge in [-0.1, -0.05) is 223 Å². The summed E-state index contributed by atoms with van der Waals surface area (Å²) in [4.78, 5) is 48.5. The molecule has 0 bridgehead atoms. The van der Waals surface area contributed by atoms with Gasteiger partial charge in [-0.15, -0.1) is 0 Å². The number of phosphoric ester groups is 1. The van der Waals surface area contributed by atoms with Crippen LogP contribution in [0.2, 0.25) is 0 Å². The highest BCUT2D eigenvalue weighted by molar-refractivity contribution is 7.47. The van der Waals surface area contributed by atoms with Gasteiger partial charge in [0, 0.05) is 19.3 Å². The van der Waals surface area contributed by atoms with Gasteiger partial charge in [-0.3, -0.25) is 23.4 Å². The SMILES string of the molecule is CCC/C=C\C/C=C\CCCCCCCC(=O)OC(COC(=O)CCCCCCCC/C=C\C/C=C\C/C=C\CCCCC)COP(=O)(O)OCC(CO)OC(=O)CCCCCCCCCCCCCCC. The summed E-state index contributed by atoms with van der Waals surface area (Å²) < 4.78 is 39.5. The maximum absolute atomic E-state index is 12.9. The smallest absolute Gasteiger partial charge is 0.462 e. The van der Waals surface area contributed by atoms with Crippen LogP contribution in [0.25, 0.3) is 0 Å². The fraction of sp³-hybridized carbons (Fsp3) is 0.783. The van der Waals surface area contributed by atoms with E-state index in [0.717, 1.165) is 122 Å². The van der Waals surface area contributed by atoms with Crippen molar-refractivity contribution in [2.45, 2.75) is 277 Å². The molecule has 72 heavy (non-hydrogen) atoms. The highest BCUT2D eigenvalue weighted by Gasteiger charge is 2.28. The van der Waals surface area contributed by atoms with Gasteiger partial charge in [0.2, 0.25) is 0 Å². The normalized spacial score (nSPS) is 13.8. The summed E-state index contributed by atoms with van der Waals surface area (Å²) in [6.45, 7) is 4.54. The summed E-state index contributed by atoms with van der Waals surface area (Å²) >= 11 is 0. The molecular formula is C60H107O11P. The molecule has 3 atom stereocenters. The van der Waals surface area contributed by atoms with Crippen LogP contribution in [0.4, 0.5) is 0 Å². The molecule has 0 radical (unpaired) electrons. The van der Waals surface area contributed by atoms with E-state index in [-0.39, 0.29) is 25.9 Å². The Balaban J connectivity index is 4.72. The number of ether oxygens (including phenoxy) is 3. The topological polar surface area (TPSA) is 155 Å².